The first-order valence-electron chi connectivity index (χ1n) is 11.4. The van der Waals surface area contributed by atoms with Crippen molar-refractivity contribution >= 4 is 17.8 Å². The van der Waals surface area contributed by atoms with Crippen LogP contribution in [0.5, 0.6) is 0 Å². The number of aliphatic carboxylic acids is 1. The molecule has 0 aliphatic heterocycles. The van der Waals surface area contributed by atoms with E-state index < -0.39 is 12.0 Å². The number of amides is 2. The van der Waals surface area contributed by atoms with Crippen LogP contribution >= 0.6 is 0 Å². The number of hydrogen-bond acceptors (Lipinski definition) is 4. The molecule has 0 fully saturated rings. The Morgan fingerprint density at radius 2 is 1.42 bits per heavy atom. The van der Waals surface area contributed by atoms with Gasteiger partial charge in [-0.15, -0.1) is 0 Å². The monoisotopic (exact) mass is 453 g/mol. The molecule has 0 aliphatic carbocycles. The first kappa shape index (κ1) is 26.1. The van der Waals surface area contributed by atoms with E-state index in [0.29, 0.717) is 13.0 Å². The molecule has 4 N–H and O–H groups in total. The fraction of sp³-hybridized carbons (Fsp3) is 0.423. The Balaban J connectivity index is 1.98. The van der Waals surface area contributed by atoms with Crippen LogP contribution in [0.3, 0.4) is 0 Å². The zero-order valence-electron chi connectivity index (χ0n) is 19.6. The van der Waals surface area contributed by atoms with Crippen LogP contribution in [0.4, 0.5) is 0 Å². The molecule has 2 rings (SSSR count). The molecule has 0 saturated heterocycles. The molecule has 33 heavy (non-hydrogen) atoms. The predicted octanol–water partition coefficient (Wildman–Crippen LogP) is 3.04. The molecule has 0 bridgehead atoms. The Morgan fingerprint density at radius 3 is 2.00 bits per heavy atom. The Kier molecular flexibility index (Phi) is 10.6. The zero-order chi connectivity index (χ0) is 24.2. The molecule has 2 aromatic rings. The van der Waals surface area contributed by atoms with E-state index >= 15 is 0 Å². The van der Waals surface area contributed by atoms with Gasteiger partial charge in [0.05, 0.1) is 6.54 Å². The predicted molar refractivity (Wildman–Crippen MR) is 129 cm³/mol. The Labute approximate surface area is 196 Å². The van der Waals surface area contributed by atoms with Crippen LogP contribution in [0.2, 0.25) is 0 Å². The van der Waals surface area contributed by atoms with Crippen molar-refractivity contribution in [1.82, 2.24) is 16.0 Å². The summed E-state index contributed by atoms with van der Waals surface area (Å²) in [6.45, 7) is 6.48. The van der Waals surface area contributed by atoms with Gasteiger partial charge in [-0.3, -0.25) is 14.4 Å². The summed E-state index contributed by atoms with van der Waals surface area (Å²) in [5.74, 6) is -1.51. The first-order chi connectivity index (χ1) is 15.8. The maximum absolute atomic E-state index is 13.0. The number of nitrogens with one attached hydrogen (secondary N) is 3. The van der Waals surface area contributed by atoms with Crippen molar-refractivity contribution in [2.75, 3.05) is 13.1 Å². The van der Waals surface area contributed by atoms with E-state index in [2.05, 4.69) is 35.0 Å². The third-order valence-electron chi connectivity index (χ3n) is 5.71. The molecule has 0 radical (unpaired) electrons. The molecule has 178 valence electrons. The molecule has 0 spiro atoms. The normalized spacial score (nSPS) is 14.5. The summed E-state index contributed by atoms with van der Waals surface area (Å²) >= 11 is 0. The van der Waals surface area contributed by atoms with Gasteiger partial charge in [0.2, 0.25) is 11.8 Å². The van der Waals surface area contributed by atoms with E-state index in [0.717, 1.165) is 5.56 Å². The van der Waals surface area contributed by atoms with E-state index in [-0.39, 0.29) is 42.7 Å². The van der Waals surface area contributed by atoms with Gasteiger partial charge in [0.25, 0.3) is 0 Å². The van der Waals surface area contributed by atoms with Gasteiger partial charge in [0.15, 0.2) is 0 Å². The number of carboxylic acids is 1. The summed E-state index contributed by atoms with van der Waals surface area (Å²) in [6, 6.07) is 18.5. The number of rotatable bonds is 13. The van der Waals surface area contributed by atoms with E-state index in [1.807, 2.05) is 55.5 Å². The highest BCUT2D eigenvalue weighted by molar-refractivity contribution is 5.89. The van der Waals surface area contributed by atoms with Crippen LogP contribution in [0.1, 0.15) is 56.6 Å². The topological polar surface area (TPSA) is 108 Å². The highest BCUT2D eigenvalue weighted by Crippen LogP contribution is 2.19. The maximum Gasteiger partial charge on any atom is 0.303 e. The standard InChI is InChI=1S/C26H35N3O4/c1-18(21-10-6-4-7-11-21)16-27-17-23(30)29-25(20(3)22-12-8-5-9-13-22)26(33)28-19(2)14-15-24(31)32/h4-13,18-20,25,27H,14-17H2,1-3H3,(H,28,33)(H,29,30)(H,31,32)/t18-,19+,20?,25?/m0/s1. The lowest BCUT2D eigenvalue weighted by atomic mass is 9.92. The molecule has 2 aromatic carbocycles. The smallest absolute Gasteiger partial charge is 0.303 e. The van der Waals surface area contributed by atoms with Crippen molar-refractivity contribution in [2.24, 2.45) is 0 Å². The van der Waals surface area contributed by atoms with Gasteiger partial charge < -0.3 is 21.1 Å². The van der Waals surface area contributed by atoms with E-state index in [4.69, 9.17) is 5.11 Å². The van der Waals surface area contributed by atoms with Crippen molar-refractivity contribution in [2.45, 2.75) is 57.5 Å². The minimum Gasteiger partial charge on any atom is -0.481 e. The number of carbonyl (C=O) groups excluding carboxylic acids is 2. The molecule has 7 heteroatoms. The largest absolute Gasteiger partial charge is 0.481 e. The average Bonchev–Trinajstić information content (AvgIpc) is 2.81. The minimum absolute atomic E-state index is 0.0315. The van der Waals surface area contributed by atoms with Gasteiger partial charge in [0, 0.05) is 24.9 Å². The second-order valence-electron chi connectivity index (χ2n) is 8.53. The molecule has 2 amide bonds. The third kappa shape index (κ3) is 9.06. The Bertz CT molecular complexity index is 889. The van der Waals surface area contributed by atoms with Crippen molar-refractivity contribution in [3.8, 4) is 0 Å². The molecule has 0 aliphatic rings. The third-order valence-corrected chi connectivity index (χ3v) is 5.71. The highest BCUT2D eigenvalue weighted by atomic mass is 16.4. The highest BCUT2D eigenvalue weighted by Gasteiger charge is 2.28. The number of carbonyl (C=O) groups is 3. The van der Waals surface area contributed by atoms with Crippen molar-refractivity contribution in [3.05, 3.63) is 71.8 Å². The Morgan fingerprint density at radius 1 is 0.848 bits per heavy atom. The lowest BCUT2D eigenvalue weighted by Gasteiger charge is -2.26. The van der Waals surface area contributed by atoms with Crippen LogP contribution in [-0.4, -0.2) is 48.1 Å². The van der Waals surface area contributed by atoms with Crippen molar-refractivity contribution in [1.29, 1.82) is 0 Å². The summed E-state index contributed by atoms with van der Waals surface area (Å²) in [5, 5.41) is 17.8. The van der Waals surface area contributed by atoms with Crippen LogP contribution in [0, 0.1) is 0 Å². The fourth-order valence-corrected chi connectivity index (χ4v) is 3.64. The van der Waals surface area contributed by atoms with Crippen molar-refractivity contribution < 1.29 is 19.5 Å². The quantitative estimate of drug-likeness (QED) is 0.373. The molecule has 4 atom stereocenters. The van der Waals surface area contributed by atoms with Gasteiger partial charge in [-0.2, -0.15) is 0 Å². The molecule has 2 unspecified atom stereocenters. The molecule has 0 heterocycles. The van der Waals surface area contributed by atoms with Crippen molar-refractivity contribution in [3.63, 3.8) is 0 Å². The zero-order valence-corrected chi connectivity index (χ0v) is 19.6. The number of benzene rings is 2. The van der Waals surface area contributed by atoms with Crippen LogP contribution in [0.15, 0.2) is 60.7 Å². The summed E-state index contributed by atoms with van der Waals surface area (Å²) in [4.78, 5) is 36.5. The summed E-state index contributed by atoms with van der Waals surface area (Å²) < 4.78 is 0. The van der Waals surface area contributed by atoms with Gasteiger partial charge in [-0.05, 0) is 30.4 Å². The molecular formula is C26H35N3O4. The second kappa shape index (κ2) is 13.4. The van der Waals surface area contributed by atoms with Crippen LogP contribution < -0.4 is 16.0 Å². The molecule has 7 nitrogen and oxygen atoms in total. The number of carboxylic acid groups (broad SMARTS) is 1. The van der Waals surface area contributed by atoms with Gasteiger partial charge >= 0.3 is 5.97 Å². The average molecular weight is 454 g/mol. The summed E-state index contributed by atoms with van der Waals surface area (Å²) in [6.07, 6.45) is 0.288. The summed E-state index contributed by atoms with van der Waals surface area (Å²) in [7, 11) is 0. The maximum atomic E-state index is 13.0. The fourth-order valence-electron chi connectivity index (χ4n) is 3.64. The lowest BCUT2D eigenvalue weighted by molar-refractivity contribution is -0.137. The van der Waals surface area contributed by atoms with E-state index in [1.54, 1.807) is 6.92 Å². The Hall–Kier alpha value is -3.19. The first-order valence-corrected chi connectivity index (χ1v) is 11.4. The number of hydrogen-bond donors (Lipinski definition) is 4. The van der Waals surface area contributed by atoms with E-state index in [9.17, 15) is 14.4 Å². The summed E-state index contributed by atoms with van der Waals surface area (Å²) in [5.41, 5.74) is 2.12. The van der Waals surface area contributed by atoms with Gasteiger partial charge in [-0.1, -0.05) is 74.5 Å². The molecular weight excluding hydrogens is 418 g/mol. The minimum atomic E-state index is -0.908. The lowest BCUT2D eigenvalue weighted by Crippen LogP contribution is -2.53. The van der Waals surface area contributed by atoms with Gasteiger partial charge in [-0.25, -0.2) is 0 Å². The second-order valence-corrected chi connectivity index (χ2v) is 8.53. The van der Waals surface area contributed by atoms with E-state index in [1.165, 1.54) is 5.56 Å². The van der Waals surface area contributed by atoms with Gasteiger partial charge in [0.1, 0.15) is 6.04 Å². The SMILES string of the molecule is CC(c1ccccc1)C(NC(=O)CNC[C@H](C)c1ccccc1)C(=O)N[C@H](C)CCC(=O)O. The molecule has 0 aromatic heterocycles. The molecule has 0 saturated carbocycles. The van der Waals surface area contributed by atoms with Crippen LogP contribution in [-0.2, 0) is 14.4 Å². The van der Waals surface area contributed by atoms with Crippen LogP contribution in [0.25, 0.3) is 0 Å².